The predicted molar refractivity (Wildman–Crippen MR) is 116 cm³/mol. The number of para-hydroxylation sites is 1. The summed E-state index contributed by atoms with van der Waals surface area (Å²) in [7, 11) is 1.84. The summed E-state index contributed by atoms with van der Waals surface area (Å²) in [6.07, 6.45) is 1.40. The first kappa shape index (κ1) is 21.7. The van der Waals surface area contributed by atoms with Crippen molar-refractivity contribution in [2.24, 2.45) is 5.92 Å². The van der Waals surface area contributed by atoms with Crippen LogP contribution in [0.2, 0.25) is 0 Å². The molecule has 0 bridgehead atoms. The molecule has 1 aliphatic rings. The SMILES string of the molecule is CC(C)N(C)C(=O)C1CCN(C(=O)COc2ccc(Oc3ccccc3)cc2)CC1. The average Bonchev–Trinajstić information content (AvgIpc) is 2.78. The lowest BCUT2D eigenvalue weighted by atomic mass is 9.95. The van der Waals surface area contributed by atoms with E-state index in [9.17, 15) is 9.59 Å². The highest BCUT2D eigenvalue weighted by molar-refractivity contribution is 5.80. The van der Waals surface area contributed by atoms with Crippen molar-refractivity contribution < 1.29 is 19.1 Å². The molecule has 1 aliphatic heterocycles. The summed E-state index contributed by atoms with van der Waals surface area (Å²) in [5, 5.41) is 0. The molecule has 0 aromatic heterocycles. The molecular weight excluding hydrogens is 380 g/mol. The van der Waals surface area contributed by atoms with Crippen LogP contribution in [0.3, 0.4) is 0 Å². The maximum atomic E-state index is 12.5. The zero-order valence-electron chi connectivity index (χ0n) is 17.9. The largest absolute Gasteiger partial charge is 0.484 e. The Morgan fingerprint density at radius 3 is 2.13 bits per heavy atom. The number of benzene rings is 2. The van der Waals surface area contributed by atoms with E-state index in [-0.39, 0.29) is 30.4 Å². The van der Waals surface area contributed by atoms with Crippen LogP contribution in [0.15, 0.2) is 54.6 Å². The second kappa shape index (κ2) is 10.1. The van der Waals surface area contributed by atoms with Crippen LogP contribution in [0.1, 0.15) is 26.7 Å². The molecule has 2 aromatic rings. The van der Waals surface area contributed by atoms with E-state index >= 15 is 0 Å². The zero-order valence-corrected chi connectivity index (χ0v) is 17.9. The average molecular weight is 411 g/mol. The molecule has 30 heavy (non-hydrogen) atoms. The fourth-order valence-electron chi connectivity index (χ4n) is 3.38. The number of piperidine rings is 1. The lowest BCUT2D eigenvalue weighted by molar-refractivity contribution is -0.141. The van der Waals surface area contributed by atoms with Crippen molar-refractivity contribution in [3.8, 4) is 17.2 Å². The van der Waals surface area contributed by atoms with Gasteiger partial charge in [0.2, 0.25) is 5.91 Å². The fourth-order valence-corrected chi connectivity index (χ4v) is 3.38. The van der Waals surface area contributed by atoms with E-state index in [1.165, 1.54) is 0 Å². The zero-order chi connectivity index (χ0) is 21.5. The molecule has 0 aliphatic carbocycles. The van der Waals surface area contributed by atoms with Crippen molar-refractivity contribution in [1.29, 1.82) is 0 Å². The smallest absolute Gasteiger partial charge is 0.260 e. The van der Waals surface area contributed by atoms with Crippen LogP contribution < -0.4 is 9.47 Å². The summed E-state index contributed by atoms with van der Waals surface area (Å²) in [5.41, 5.74) is 0. The molecule has 0 atom stereocenters. The first-order valence-electron chi connectivity index (χ1n) is 10.4. The van der Waals surface area contributed by atoms with Gasteiger partial charge in [0, 0.05) is 32.1 Å². The van der Waals surface area contributed by atoms with Gasteiger partial charge in [-0.15, -0.1) is 0 Å². The number of rotatable bonds is 7. The Morgan fingerprint density at radius 2 is 1.53 bits per heavy atom. The summed E-state index contributed by atoms with van der Waals surface area (Å²) in [5.74, 6) is 2.21. The van der Waals surface area contributed by atoms with Crippen LogP contribution in [0.4, 0.5) is 0 Å². The van der Waals surface area contributed by atoms with E-state index in [1.54, 1.807) is 21.9 Å². The molecule has 6 heteroatoms. The third kappa shape index (κ3) is 5.75. The van der Waals surface area contributed by atoms with Crippen LogP contribution >= 0.6 is 0 Å². The first-order valence-corrected chi connectivity index (χ1v) is 10.4. The summed E-state index contributed by atoms with van der Waals surface area (Å²) in [4.78, 5) is 28.5. The Morgan fingerprint density at radius 1 is 0.967 bits per heavy atom. The van der Waals surface area contributed by atoms with E-state index in [2.05, 4.69) is 0 Å². The first-order chi connectivity index (χ1) is 14.4. The molecule has 2 aromatic carbocycles. The molecule has 3 rings (SSSR count). The third-order valence-corrected chi connectivity index (χ3v) is 5.48. The van der Waals surface area contributed by atoms with E-state index in [1.807, 2.05) is 63.4 Å². The number of hydrogen-bond donors (Lipinski definition) is 0. The minimum Gasteiger partial charge on any atom is -0.484 e. The van der Waals surface area contributed by atoms with Crippen molar-refractivity contribution in [3.05, 3.63) is 54.6 Å². The number of carbonyl (C=O) groups is 2. The molecule has 2 amide bonds. The monoisotopic (exact) mass is 410 g/mol. The van der Waals surface area contributed by atoms with Crippen LogP contribution in [0.25, 0.3) is 0 Å². The number of ether oxygens (including phenoxy) is 2. The molecule has 0 N–H and O–H groups in total. The Bertz CT molecular complexity index is 828. The van der Waals surface area contributed by atoms with Gasteiger partial charge in [0.1, 0.15) is 17.2 Å². The van der Waals surface area contributed by atoms with Crippen molar-refractivity contribution >= 4 is 11.8 Å². The summed E-state index contributed by atoms with van der Waals surface area (Å²) >= 11 is 0. The van der Waals surface area contributed by atoms with Crippen LogP contribution in [0.5, 0.6) is 17.2 Å². The fraction of sp³-hybridized carbons (Fsp3) is 0.417. The van der Waals surface area contributed by atoms with Gasteiger partial charge in [-0.1, -0.05) is 18.2 Å². The highest BCUT2D eigenvalue weighted by Gasteiger charge is 2.29. The predicted octanol–water partition coefficient (Wildman–Crippen LogP) is 3.96. The summed E-state index contributed by atoms with van der Waals surface area (Å²) < 4.78 is 11.4. The Labute approximate surface area is 178 Å². The maximum Gasteiger partial charge on any atom is 0.260 e. The molecule has 0 spiro atoms. The number of hydrogen-bond acceptors (Lipinski definition) is 4. The van der Waals surface area contributed by atoms with Gasteiger partial charge >= 0.3 is 0 Å². The third-order valence-electron chi connectivity index (χ3n) is 5.48. The number of amides is 2. The van der Waals surface area contributed by atoms with Crippen molar-refractivity contribution in [1.82, 2.24) is 9.80 Å². The van der Waals surface area contributed by atoms with Crippen molar-refractivity contribution in [2.75, 3.05) is 26.7 Å². The van der Waals surface area contributed by atoms with Gasteiger partial charge in [-0.05, 0) is 63.1 Å². The van der Waals surface area contributed by atoms with Gasteiger partial charge in [-0.2, -0.15) is 0 Å². The Balaban J connectivity index is 1.43. The number of likely N-dealkylation sites (tertiary alicyclic amines) is 1. The standard InChI is InChI=1S/C24H30N2O4/c1-18(2)25(3)24(28)19-13-15-26(16-14-19)23(27)17-29-20-9-11-22(12-10-20)30-21-7-5-4-6-8-21/h4-12,18-19H,13-17H2,1-3H3. The second-order valence-electron chi connectivity index (χ2n) is 7.87. The van der Waals surface area contributed by atoms with Gasteiger partial charge in [0.15, 0.2) is 6.61 Å². The lowest BCUT2D eigenvalue weighted by Crippen LogP contribution is -2.46. The highest BCUT2D eigenvalue weighted by atomic mass is 16.5. The number of nitrogens with zero attached hydrogens (tertiary/aromatic N) is 2. The molecule has 0 unspecified atom stereocenters. The van der Waals surface area contributed by atoms with E-state index in [0.717, 1.165) is 5.75 Å². The van der Waals surface area contributed by atoms with E-state index < -0.39 is 0 Å². The molecule has 1 heterocycles. The van der Waals surface area contributed by atoms with Crippen molar-refractivity contribution in [2.45, 2.75) is 32.7 Å². The Hall–Kier alpha value is -3.02. The van der Waals surface area contributed by atoms with Gasteiger partial charge in [-0.3, -0.25) is 9.59 Å². The molecule has 160 valence electrons. The molecular formula is C24H30N2O4. The van der Waals surface area contributed by atoms with E-state index in [4.69, 9.17) is 9.47 Å². The van der Waals surface area contributed by atoms with Crippen LogP contribution in [-0.4, -0.2) is 54.4 Å². The normalized spacial score (nSPS) is 14.5. The molecule has 1 fully saturated rings. The van der Waals surface area contributed by atoms with Gasteiger partial charge < -0.3 is 19.3 Å². The maximum absolute atomic E-state index is 12.5. The van der Waals surface area contributed by atoms with Crippen LogP contribution in [0, 0.1) is 5.92 Å². The summed E-state index contributed by atoms with van der Waals surface area (Å²) in [6, 6.07) is 16.9. The second-order valence-corrected chi connectivity index (χ2v) is 7.87. The van der Waals surface area contributed by atoms with E-state index in [0.29, 0.717) is 37.4 Å². The molecule has 0 saturated carbocycles. The quantitative estimate of drug-likeness (QED) is 0.693. The topological polar surface area (TPSA) is 59.1 Å². The van der Waals surface area contributed by atoms with Crippen LogP contribution in [-0.2, 0) is 9.59 Å². The molecule has 1 saturated heterocycles. The highest BCUT2D eigenvalue weighted by Crippen LogP contribution is 2.24. The minimum atomic E-state index is -0.0530. The van der Waals surface area contributed by atoms with Gasteiger partial charge in [0.25, 0.3) is 5.91 Å². The summed E-state index contributed by atoms with van der Waals surface area (Å²) in [6.45, 7) is 5.19. The number of carbonyl (C=O) groups excluding carboxylic acids is 2. The molecule has 0 radical (unpaired) electrons. The van der Waals surface area contributed by atoms with Gasteiger partial charge in [-0.25, -0.2) is 0 Å². The Kier molecular flexibility index (Phi) is 7.33. The lowest BCUT2D eigenvalue weighted by Gasteiger charge is -2.34. The minimum absolute atomic E-state index is 0.000438. The van der Waals surface area contributed by atoms with Gasteiger partial charge in [0.05, 0.1) is 0 Å². The van der Waals surface area contributed by atoms with Crippen molar-refractivity contribution in [3.63, 3.8) is 0 Å². The molecule has 6 nitrogen and oxygen atoms in total.